The summed E-state index contributed by atoms with van der Waals surface area (Å²) >= 11 is 0. The first kappa shape index (κ1) is 14.7. The number of methoxy groups -OCH3 is 1. The van der Waals surface area contributed by atoms with Gasteiger partial charge in [0.1, 0.15) is 6.10 Å². The van der Waals surface area contributed by atoms with Gasteiger partial charge in [-0.25, -0.2) is 0 Å². The Kier molecular flexibility index (Phi) is 4.20. The lowest BCUT2D eigenvalue weighted by molar-refractivity contribution is 0.111. The molecule has 1 aliphatic rings. The molecular weight excluding hydrogens is 282 g/mol. The van der Waals surface area contributed by atoms with Crippen LogP contribution < -0.4 is 15.2 Å². The molecule has 1 fully saturated rings. The van der Waals surface area contributed by atoms with E-state index in [1.54, 1.807) is 13.3 Å². The molecule has 6 heteroatoms. The summed E-state index contributed by atoms with van der Waals surface area (Å²) in [7, 11) is 3.76. The first-order valence-corrected chi connectivity index (χ1v) is 7.41. The molecule has 2 aromatic rings. The summed E-state index contributed by atoms with van der Waals surface area (Å²) in [6.45, 7) is 2.09. The van der Waals surface area contributed by atoms with Gasteiger partial charge in [0.05, 0.1) is 18.9 Å². The number of anilines is 1. The van der Waals surface area contributed by atoms with E-state index in [1.807, 2.05) is 18.2 Å². The first-order chi connectivity index (χ1) is 10.7. The molecule has 1 aromatic carbocycles. The Balaban J connectivity index is 1.87. The second-order valence-corrected chi connectivity index (χ2v) is 5.56. The fourth-order valence-electron chi connectivity index (χ4n) is 2.76. The molecule has 1 aromatic heterocycles. The number of aromatic nitrogens is 1. The lowest BCUT2D eigenvalue weighted by Crippen LogP contribution is -2.35. The molecule has 0 radical (unpaired) electrons. The zero-order valence-electron chi connectivity index (χ0n) is 12.9. The van der Waals surface area contributed by atoms with Gasteiger partial charge in [0.15, 0.2) is 11.5 Å². The molecule has 0 amide bonds. The van der Waals surface area contributed by atoms with Gasteiger partial charge in [-0.1, -0.05) is 17.3 Å². The SMILES string of the molecule is COc1c(OC2CCN(C)CC2)cccc1-c1cnoc1N. The lowest BCUT2D eigenvalue weighted by atomic mass is 10.1. The molecular formula is C16H21N3O3. The van der Waals surface area contributed by atoms with Crippen molar-refractivity contribution in [1.29, 1.82) is 0 Å². The smallest absolute Gasteiger partial charge is 0.230 e. The highest BCUT2D eigenvalue weighted by Crippen LogP contribution is 2.40. The summed E-state index contributed by atoms with van der Waals surface area (Å²) in [6.07, 6.45) is 3.82. The summed E-state index contributed by atoms with van der Waals surface area (Å²) in [6, 6.07) is 5.77. The van der Waals surface area contributed by atoms with Crippen LogP contribution in [-0.4, -0.2) is 43.4 Å². The Morgan fingerprint density at radius 3 is 2.68 bits per heavy atom. The van der Waals surface area contributed by atoms with Gasteiger partial charge >= 0.3 is 0 Å². The second-order valence-electron chi connectivity index (χ2n) is 5.56. The van der Waals surface area contributed by atoms with Gasteiger partial charge < -0.3 is 24.6 Å². The van der Waals surface area contributed by atoms with E-state index in [9.17, 15) is 0 Å². The number of likely N-dealkylation sites (tertiary alicyclic amines) is 1. The zero-order valence-corrected chi connectivity index (χ0v) is 12.9. The molecule has 2 heterocycles. The average molecular weight is 303 g/mol. The van der Waals surface area contributed by atoms with Crippen molar-refractivity contribution < 1.29 is 14.0 Å². The largest absolute Gasteiger partial charge is 0.492 e. The van der Waals surface area contributed by atoms with Crippen LogP contribution in [0, 0.1) is 0 Å². The molecule has 0 unspecified atom stereocenters. The van der Waals surface area contributed by atoms with Gasteiger partial charge in [0.2, 0.25) is 5.88 Å². The number of ether oxygens (including phenoxy) is 2. The molecule has 0 aliphatic carbocycles. The van der Waals surface area contributed by atoms with Crippen molar-refractivity contribution in [3.8, 4) is 22.6 Å². The molecule has 0 saturated carbocycles. The quantitative estimate of drug-likeness (QED) is 0.935. The van der Waals surface area contributed by atoms with E-state index in [4.69, 9.17) is 19.7 Å². The molecule has 22 heavy (non-hydrogen) atoms. The van der Waals surface area contributed by atoms with Crippen LogP contribution in [0.15, 0.2) is 28.9 Å². The van der Waals surface area contributed by atoms with Crippen molar-refractivity contribution in [1.82, 2.24) is 10.1 Å². The van der Waals surface area contributed by atoms with Crippen LogP contribution in [0.25, 0.3) is 11.1 Å². The van der Waals surface area contributed by atoms with E-state index in [-0.39, 0.29) is 12.0 Å². The topological polar surface area (TPSA) is 73.8 Å². The van der Waals surface area contributed by atoms with Gasteiger partial charge in [0.25, 0.3) is 0 Å². The number of para-hydroxylation sites is 1. The van der Waals surface area contributed by atoms with Crippen molar-refractivity contribution in [3.63, 3.8) is 0 Å². The highest BCUT2D eigenvalue weighted by Gasteiger charge is 2.22. The summed E-state index contributed by atoms with van der Waals surface area (Å²) in [5.41, 5.74) is 7.35. The van der Waals surface area contributed by atoms with Gasteiger partial charge in [0, 0.05) is 18.7 Å². The van der Waals surface area contributed by atoms with Crippen LogP contribution in [0.5, 0.6) is 11.5 Å². The van der Waals surface area contributed by atoms with Gasteiger partial charge in [-0.05, 0) is 26.0 Å². The molecule has 0 bridgehead atoms. The van der Waals surface area contributed by atoms with Crippen LogP contribution in [0.3, 0.4) is 0 Å². The van der Waals surface area contributed by atoms with E-state index in [2.05, 4.69) is 17.1 Å². The number of nitrogen functional groups attached to an aromatic ring is 1. The molecule has 0 atom stereocenters. The number of nitrogens with zero attached hydrogens (tertiary/aromatic N) is 2. The predicted octanol–water partition coefficient (Wildman–Crippen LogP) is 2.41. The van der Waals surface area contributed by atoms with E-state index < -0.39 is 0 Å². The molecule has 0 spiro atoms. The maximum absolute atomic E-state index is 6.16. The second kappa shape index (κ2) is 6.27. The zero-order chi connectivity index (χ0) is 15.5. The van der Waals surface area contributed by atoms with Crippen molar-refractivity contribution in [2.45, 2.75) is 18.9 Å². The Morgan fingerprint density at radius 2 is 2.05 bits per heavy atom. The fourth-order valence-corrected chi connectivity index (χ4v) is 2.76. The Bertz CT molecular complexity index is 633. The molecule has 2 N–H and O–H groups in total. The molecule has 1 saturated heterocycles. The minimum absolute atomic E-state index is 0.208. The Morgan fingerprint density at radius 1 is 1.27 bits per heavy atom. The number of hydrogen-bond donors (Lipinski definition) is 1. The number of benzene rings is 1. The van der Waals surface area contributed by atoms with Gasteiger partial charge in [-0.2, -0.15) is 0 Å². The van der Waals surface area contributed by atoms with Crippen LogP contribution >= 0.6 is 0 Å². The third-order valence-electron chi connectivity index (χ3n) is 4.03. The summed E-state index contributed by atoms with van der Waals surface area (Å²) in [4.78, 5) is 2.31. The molecule has 6 nitrogen and oxygen atoms in total. The van der Waals surface area contributed by atoms with Crippen LogP contribution in [0.1, 0.15) is 12.8 Å². The summed E-state index contributed by atoms with van der Waals surface area (Å²) < 4.78 is 16.7. The normalized spacial score (nSPS) is 16.6. The maximum atomic E-state index is 6.16. The van der Waals surface area contributed by atoms with Crippen molar-refractivity contribution in [2.75, 3.05) is 33.0 Å². The predicted molar refractivity (Wildman–Crippen MR) is 84.1 cm³/mol. The van der Waals surface area contributed by atoms with Crippen molar-refractivity contribution in [2.24, 2.45) is 0 Å². The standard InChI is InChI=1S/C16H21N3O3/c1-19-8-6-11(7-9-19)21-14-5-3-4-12(15(14)20-2)13-10-18-22-16(13)17/h3-5,10-11H,6-9,17H2,1-2H3. The first-order valence-electron chi connectivity index (χ1n) is 7.41. The van der Waals surface area contributed by atoms with Crippen molar-refractivity contribution >= 4 is 5.88 Å². The van der Waals surface area contributed by atoms with Crippen LogP contribution in [0.4, 0.5) is 5.88 Å². The number of piperidine rings is 1. The lowest BCUT2D eigenvalue weighted by Gasteiger charge is -2.29. The maximum Gasteiger partial charge on any atom is 0.230 e. The number of hydrogen-bond acceptors (Lipinski definition) is 6. The number of nitrogens with two attached hydrogens (primary N) is 1. The van der Waals surface area contributed by atoms with Crippen LogP contribution in [0.2, 0.25) is 0 Å². The third kappa shape index (κ3) is 2.87. The highest BCUT2D eigenvalue weighted by atomic mass is 16.5. The molecule has 3 rings (SSSR count). The fraction of sp³-hybridized carbons (Fsp3) is 0.438. The Labute approximate surface area is 129 Å². The molecule has 1 aliphatic heterocycles. The van der Waals surface area contributed by atoms with Gasteiger partial charge in [-0.15, -0.1) is 0 Å². The third-order valence-corrected chi connectivity index (χ3v) is 4.03. The summed E-state index contributed by atoms with van der Waals surface area (Å²) in [5, 5.41) is 3.73. The van der Waals surface area contributed by atoms with Gasteiger partial charge in [-0.3, -0.25) is 0 Å². The minimum atomic E-state index is 0.208. The van der Waals surface area contributed by atoms with Crippen LogP contribution in [-0.2, 0) is 0 Å². The Hall–Kier alpha value is -2.21. The minimum Gasteiger partial charge on any atom is -0.492 e. The summed E-state index contributed by atoms with van der Waals surface area (Å²) in [5.74, 6) is 1.67. The average Bonchev–Trinajstić information content (AvgIpc) is 2.95. The monoisotopic (exact) mass is 303 g/mol. The number of rotatable bonds is 4. The molecule has 118 valence electrons. The van der Waals surface area contributed by atoms with E-state index in [0.29, 0.717) is 11.3 Å². The van der Waals surface area contributed by atoms with E-state index >= 15 is 0 Å². The van der Waals surface area contributed by atoms with E-state index in [1.165, 1.54) is 0 Å². The van der Waals surface area contributed by atoms with E-state index in [0.717, 1.165) is 37.2 Å². The van der Waals surface area contributed by atoms with Crippen molar-refractivity contribution in [3.05, 3.63) is 24.4 Å². The highest BCUT2D eigenvalue weighted by molar-refractivity contribution is 5.79.